The molecule has 0 amide bonds. The van der Waals surface area contributed by atoms with Gasteiger partial charge in [0, 0.05) is 12.4 Å². The van der Waals surface area contributed by atoms with Crippen molar-refractivity contribution >= 4 is 13.9 Å². The summed E-state index contributed by atoms with van der Waals surface area (Å²) >= 11 is 0. The number of hydrogen-bond acceptors (Lipinski definition) is 2. The zero-order valence-corrected chi connectivity index (χ0v) is 12.6. The molecule has 0 atom stereocenters. The third-order valence-electron chi connectivity index (χ3n) is 3.50. The van der Waals surface area contributed by atoms with Crippen LogP contribution >= 0.6 is 0 Å². The summed E-state index contributed by atoms with van der Waals surface area (Å²) in [5, 5.41) is 0.242. The number of aromatic nitrogens is 1. The van der Waals surface area contributed by atoms with Crippen LogP contribution in [-0.2, 0) is 4.43 Å². The van der Waals surface area contributed by atoms with E-state index in [0.717, 1.165) is 11.1 Å². The number of rotatable bonds is 4. The van der Waals surface area contributed by atoms with Crippen molar-refractivity contribution in [1.82, 2.24) is 4.98 Å². The second kappa shape index (κ2) is 5.15. The van der Waals surface area contributed by atoms with E-state index in [1.807, 2.05) is 12.1 Å². The summed E-state index contributed by atoms with van der Waals surface area (Å²) in [6.45, 7) is 15.9. The smallest absolute Gasteiger partial charge is 0.192 e. The molecule has 0 saturated heterocycles. The number of pyridine rings is 1. The molecule has 0 aliphatic carbocycles. The summed E-state index contributed by atoms with van der Waals surface area (Å²) in [7, 11) is -1.68. The van der Waals surface area contributed by atoms with Gasteiger partial charge in [0.15, 0.2) is 8.32 Å². The zero-order chi connectivity index (χ0) is 13.1. The Balaban J connectivity index is 2.61. The lowest BCUT2D eigenvalue weighted by Gasteiger charge is -2.36. The molecule has 1 rings (SSSR count). The maximum absolute atomic E-state index is 6.13. The predicted octanol–water partition coefficient (Wildman–Crippen LogP) is 4.12. The van der Waals surface area contributed by atoms with Crippen molar-refractivity contribution in [3.05, 3.63) is 36.7 Å². The lowest BCUT2D eigenvalue weighted by Crippen LogP contribution is -2.41. The maximum Gasteiger partial charge on any atom is 0.192 e. The monoisotopic (exact) mass is 249 g/mol. The molecule has 17 heavy (non-hydrogen) atoms. The van der Waals surface area contributed by atoms with Crippen LogP contribution in [0.25, 0.3) is 5.57 Å². The Hall–Kier alpha value is -0.933. The number of hydrogen-bond donors (Lipinski definition) is 0. The molecule has 1 heterocycles. The van der Waals surface area contributed by atoms with E-state index in [1.54, 1.807) is 12.4 Å². The van der Waals surface area contributed by atoms with Crippen LogP contribution in [0.2, 0.25) is 18.1 Å². The molecule has 0 aromatic carbocycles. The first kappa shape index (κ1) is 14.1. The molecule has 0 aliphatic heterocycles. The van der Waals surface area contributed by atoms with Crippen molar-refractivity contribution in [1.29, 1.82) is 0 Å². The van der Waals surface area contributed by atoms with Crippen LogP contribution in [0, 0.1) is 0 Å². The highest BCUT2D eigenvalue weighted by atomic mass is 28.4. The van der Waals surface area contributed by atoms with Gasteiger partial charge in [0.05, 0.1) is 6.61 Å². The van der Waals surface area contributed by atoms with Crippen molar-refractivity contribution < 1.29 is 4.43 Å². The molecular weight excluding hydrogens is 226 g/mol. The van der Waals surface area contributed by atoms with Gasteiger partial charge in [0.2, 0.25) is 0 Å². The van der Waals surface area contributed by atoms with Crippen LogP contribution in [0.1, 0.15) is 26.3 Å². The Morgan fingerprint density at radius 1 is 1.29 bits per heavy atom. The van der Waals surface area contributed by atoms with Crippen molar-refractivity contribution in [2.24, 2.45) is 0 Å². The first-order valence-electron chi connectivity index (χ1n) is 5.96. The molecule has 94 valence electrons. The van der Waals surface area contributed by atoms with Gasteiger partial charge in [-0.05, 0) is 41.4 Å². The zero-order valence-electron chi connectivity index (χ0n) is 11.6. The summed E-state index contributed by atoms with van der Waals surface area (Å²) in [5.41, 5.74) is 2.14. The normalized spacial score (nSPS) is 12.5. The van der Waals surface area contributed by atoms with Gasteiger partial charge in [-0.3, -0.25) is 4.98 Å². The fraction of sp³-hybridized carbons (Fsp3) is 0.500. The molecule has 2 nitrogen and oxygen atoms in total. The van der Waals surface area contributed by atoms with Gasteiger partial charge in [0.25, 0.3) is 0 Å². The Labute approximate surface area is 106 Å². The van der Waals surface area contributed by atoms with E-state index in [2.05, 4.69) is 45.4 Å². The molecule has 0 spiro atoms. The SMILES string of the molecule is C=C(CO[Si](C)(C)C(C)(C)C)c1ccncc1. The van der Waals surface area contributed by atoms with Crippen molar-refractivity contribution in [3.8, 4) is 0 Å². The van der Waals surface area contributed by atoms with E-state index in [9.17, 15) is 0 Å². The van der Waals surface area contributed by atoms with Crippen molar-refractivity contribution in [2.75, 3.05) is 6.61 Å². The predicted molar refractivity (Wildman–Crippen MR) is 76.4 cm³/mol. The second-order valence-corrected chi connectivity index (χ2v) is 10.7. The molecule has 0 unspecified atom stereocenters. The van der Waals surface area contributed by atoms with E-state index in [4.69, 9.17) is 4.43 Å². The average Bonchev–Trinajstić information content (AvgIpc) is 2.25. The molecule has 1 aromatic rings. The highest BCUT2D eigenvalue weighted by Crippen LogP contribution is 2.37. The van der Waals surface area contributed by atoms with Gasteiger partial charge in [-0.15, -0.1) is 0 Å². The fourth-order valence-electron chi connectivity index (χ4n) is 1.15. The van der Waals surface area contributed by atoms with Crippen LogP contribution in [0.5, 0.6) is 0 Å². The first-order valence-corrected chi connectivity index (χ1v) is 8.87. The lowest BCUT2D eigenvalue weighted by molar-refractivity contribution is 0.334. The highest BCUT2D eigenvalue weighted by Gasteiger charge is 2.37. The lowest BCUT2D eigenvalue weighted by atomic mass is 10.1. The third kappa shape index (κ3) is 3.79. The molecule has 3 heteroatoms. The van der Waals surface area contributed by atoms with E-state index in [0.29, 0.717) is 6.61 Å². The molecule has 1 aromatic heterocycles. The minimum absolute atomic E-state index is 0.242. The standard InChI is InChI=1S/C14H23NOSi/c1-12(13-7-9-15-10-8-13)11-16-17(5,6)14(2,3)4/h7-10H,1,11H2,2-6H3. The molecule has 0 bridgehead atoms. The topological polar surface area (TPSA) is 22.1 Å². The quantitative estimate of drug-likeness (QED) is 0.749. The number of nitrogens with zero attached hydrogens (tertiary/aromatic N) is 1. The highest BCUT2D eigenvalue weighted by molar-refractivity contribution is 6.74. The summed E-state index contributed by atoms with van der Waals surface area (Å²) < 4.78 is 6.13. The Bertz CT molecular complexity index is 379. The van der Waals surface area contributed by atoms with E-state index in [1.165, 1.54) is 0 Å². The van der Waals surface area contributed by atoms with Gasteiger partial charge in [-0.2, -0.15) is 0 Å². The van der Waals surface area contributed by atoms with Crippen LogP contribution < -0.4 is 0 Å². The molecule has 0 N–H and O–H groups in total. The van der Waals surface area contributed by atoms with Gasteiger partial charge in [-0.1, -0.05) is 27.4 Å². The summed E-state index contributed by atoms with van der Waals surface area (Å²) in [6, 6.07) is 3.94. The maximum atomic E-state index is 6.13. The van der Waals surface area contributed by atoms with E-state index >= 15 is 0 Å². The molecular formula is C14H23NOSi. The van der Waals surface area contributed by atoms with Crippen LogP contribution in [-0.4, -0.2) is 19.9 Å². The summed E-state index contributed by atoms with van der Waals surface area (Å²) in [5.74, 6) is 0. The fourth-order valence-corrected chi connectivity index (χ4v) is 2.12. The van der Waals surface area contributed by atoms with Gasteiger partial charge < -0.3 is 4.43 Å². The molecule has 0 saturated carbocycles. The van der Waals surface area contributed by atoms with Crippen LogP contribution in [0.15, 0.2) is 31.1 Å². The molecule has 0 aliphatic rings. The Morgan fingerprint density at radius 3 is 2.29 bits per heavy atom. The Kier molecular flexibility index (Phi) is 4.28. The van der Waals surface area contributed by atoms with E-state index in [-0.39, 0.29) is 5.04 Å². The van der Waals surface area contributed by atoms with Crippen molar-refractivity contribution in [3.63, 3.8) is 0 Å². The van der Waals surface area contributed by atoms with E-state index < -0.39 is 8.32 Å². The average molecular weight is 249 g/mol. The van der Waals surface area contributed by atoms with Gasteiger partial charge >= 0.3 is 0 Å². The minimum Gasteiger partial charge on any atom is -0.413 e. The molecule has 0 radical (unpaired) electrons. The first-order chi connectivity index (χ1) is 7.74. The summed E-state index contributed by atoms with van der Waals surface area (Å²) in [6.07, 6.45) is 3.57. The Morgan fingerprint density at radius 2 is 1.82 bits per heavy atom. The van der Waals surface area contributed by atoms with Gasteiger partial charge in [-0.25, -0.2) is 0 Å². The van der Waals surface area contributed by atoms with Crippen LogP contribution in [0.4, 0.5) is 0 Å². The summed E-state index contributed by atoms with van der Waals surface area (Å²) in [4.78, 5) is 4.00. The van der Waals surface area contributed by atoms with Gasteiger partial charge in [0.1, 0.15) is 0 Å². The third-order valence-corrected chi connectivity index (χ3v) is 7.98. The minimum atomic E-state index is -1.68. The second-order valence-electron chi connectivity index (χ2n) is 5.89. The largest absolute Gasteiger partial charge is 0.413 e. The molecule has 0 fully saturated rings. The van der Waals surface area contributed by atoms with Crippen molar-refractivity contribution in [2.45, 2.75) is 38.9 Å². The van der Waals surface area contributed by atoms with Crippen LogP contribution in [0.3, 0.4) is 0 Å².